The summed E-state index contributed by atoms with van der Waals surface area (Å²) in [6.07, 6.45) is 1.86. The SMILES string of the molecule is Cc1cnc2c(c1)nc(SCC(=O)O)n2CCC(N)=O. The summed E-state index contributed by atoms with van der Waals surface area (Å²) in [6.45, 7) is 2.24. The van der Waals surface area contributed by atoms with Crippen molar-refractivity contribution in [3.8, 4) is 0 Å². The first-order valence-corrected chi connectivity index (χ1v) is 6.91. The van der Waals surface area contributed by atoms with Crippen molar-refractivity contribution in [2.75, 3.05) is 5.75 Å². The van der Waals surface area contributed by atoms with E-state index in [9.17, 15) is 9.59 Å². The molecule has 2 heterocycles. The van der Waals surface area contributed by atoms with E-state index in [0.717, 1.165) is 17.3 Å². The average Bonchev–Trinajstić information content (AvgIpc) is 2.70. The minimum atomic E-state index is -0.923. The first kappa shape index (κ1) is 14.3. The van der Waals surface area contributed by atoms with E-state index in [1.807, 2.05) is 13.0 Å². The zero-order valence-corrected chi connectivity index (χ0v) is 11.7. The number of aryl methyl sites for hydroxylation is 2. The number of carboxylic acid groups (broad SMARTS) is 1. The van der Waals surface area contributed by atoms with Gasteiger partial charge in [-0.1, -0.05) is 11.8 Å². The van der Waals surface area contributed by atoms with Gasteiger partial charge in [0.2, 0.25) is 5.91 Å². The molecule has 0 aromatic carbocycles. The van der Waals surface area contributed by atoms with Crippen LogP contribution < -0.4 is 5.73 Å². The number of rotatable bonds is 6. The van der Waals surface area contributed by atoms with Crippen LogP contribution in [0.4, 0.5) is 0 Å². The Morgan fingerprint density at radius 1 is 1.50 bits per heavy atom. The van der Waals surface area contributed by atoms with E-state index in [1.54, 1.807) is 10.8 Å². The molecule has 0 bridgehead atoms. The van der Waals surface area contributed by atoms with Gasteiger partial charge in [-0.15, -0.1) is 0 Å². The van der Waals surface area contributed by atoms with Crippen LogP contribution in [0.2, 0.25) is 0 Å². The smallest absolute Gasteiger partial charge is 0.313 e. The predicted molar refractivity (Wildman–Crippen MR) is 74.4 cm³/mol. The Bertz CT molecular complexity index is 668. The highest BCUT2D eigenvalue weighted by molar-refractivity contribution is 7.99. The fraction of sp³-hybridized carbons (Fsp3) is 0.333. The Labute approximate surface area is 119 Å². The summed E-state index contributed by atoms with van der Waals surface area (Å²) >= 11 is 1.10. The molecule has 0 unspecified atom stereocenters. The van der Waals surface area contributed by atoms with Gasteiger partial charge >= 0.3 is 5.97 Å². The van der Waals surface area contributed by atoms with Crippen LogP contribution in [0.1, 0.15) is 12.0 Å². The molecule has 0 saturated carbocycles. The first-order valence-electron chi connectivity index (χ1n) is 5.93. The molecule has 0 spiro atoms. The van der Waals surface area contributed by atoms with Crippen LogP contribution in [-0.2, 0) is 16.1 Å². The number of pyridine rings is 1. The van der Waals surface area contributed by atoms with Crippen LogP contribution in [0.5, 0.6) is 0 Å². The quantitative estimate of drug-likeness (QED) is 0.762. The van der Waals surface area contributed by atoms with Crippen LogP contribution in [0.3, 0.4) is 0 Å². The molecule has 2 rings (SSSR count). The zero-order chi connectivity index (χ0) is 14.7. The predicted octanol–water partition coefficient (Wildman–Crippen LogP) is 0.792. The molecule has 0 saturated heterocycles. The Morgan fingerprint density at radius 3 is 2.90 bits per heavy atom. The molecule has 3 N–H and O–H groups in total. The molecular weight excluding hydrogens is 280 g/mol. The van der Waals surface area contributed by atoms with Gasteiger partial charge < -0.3 is 15.4 Å². The molecule has 8 heteroatoms. The Kier molecular flexibility index (Phi) is 4.23. The van der Waals surface area contributed by atoms with E-state index < -0.39 is 11.9 Å². The number of primary amides is 1. The van der Waals surface area contributed by atoms with Crippen LogP contribution in [0.25, 0.3) is 11.2 Å². The molecule has 0 aliphatic carbocycles. The Morgan fingerprint density at radius 2 is 2.25 bits per heavy atom. The number of hydrogen-bond donors (Lipinski definition) is 2. The molecule has 7 nitrogen and oxygen atoms in total. The van der Waals surface area contributed by atoms with Gasteiger partial charge in [-0.25, -0.2) is 9.97 Å². The molecular formula is C12H14N4O3S. The van der Waals surface area contributed by atoms with E-state index in [4.69, 9.17) is 10.8 Å². The molecule has 0 atom stereocenters. The molecule has 1 amide bonds. The summed E-state index contributed by atoms with van der Waals surface area (Å²) in [4.78, 5) is 30.3. The van der Waals surface area contributed by atoms with Crippen molar-refractivity contribution in [2.45, 2.75) is 25.0 Å². The number of hydrogen-bond acceptors (Lipinski definition) is 5. The molecule has 0 aliphatic heterocycles. The molecule has 2 aromatic heterocycles. The number of carbonyl (C=O) groups excluding carboxylic acids is 1. The van der Waals surface area contributed by atoms with E-state index >= 15 is 0 Å². The highest BCUT2D eigenvalue weighted by Gasteiger charge is 2.14. The minimum Gasteiger partial charge on any atom is -0.481 e. The third-order valence-corrected chi connectivity index (χ3v) is 3.55. The number of fused-ring (bicyclic) bond motifs is 1. The lowest BCUT2D eigenvalue weighted by molar-refractivity contribution is -0.134. The fourth-order valence-electron chi connectivity index (χ4n) is 1.75. The van der Waals surface area contributed by atoms with Gasteiger partial charge in [0.15, 0.2) is 10.8 Å². The van der Waals surface area contributed by atoms with Gasteiger partial charge in [0, 0.05) is 19.2 Å². The maximum Gasteiger partial charge on any atom is 0.313 e. The van der Waals surface area contributed by atoms with Crippen molar-refractivity contribution in [2.24, 2.45) is 5.73 Å². The number of nitrogens with zero attached hydrogens (tertiary/aromatic N) is 3. The van der Waals surface area contributed by atoms with Crippen molar-refractivity contribution in [1.29, 1.82) is 0 Å². The monoisotopic (exact) mass is 294 g/mol. The van der Waals surface area contributed by atoms with E-state index in [2.05, 4.69) is 9.97 Å². The van der Waals surface area contributed by atoms with E-state index in [1.165, 1.54) is 0 Å². The van der Waals surface area contributed by atoms with Crippen molar-refractivity contribution >= 4 is 34.8 Å². The highest BCUT2D eigenvalue weighted by Crippen LogP contribution is 2.23. The molecule has 20 heavy (non-hydrogen) atoms. The van der Waals surface area contributed by atoms with Crippen LogP contribution >= 0.6 is 11.8 Å². The zero-order valence-electron chi connectivity index (χ0n) is 10.9. The van der Waals surface area contributed by atoms with Gasteiger partial charge in [-0.3, -0.25) is 9.59 Å². The topological polar surface area (TPSA) is 111 Å². The first-order chi connectivity index (χ1) is 9.47. The number of aliphatic carboxylic acids is 1. The van der Waals surface area contributed by atoms with Crippen LogP contribution in [0.15, 0.2) is 17.4 Å². The number of thioether (sulfide) groups is 1. The van der Waals surface area contributed by atoms with Gasteiger partial charge in [0.1, 0.15) is 5.52 Å². The van der Waals surface area contributed by atoms with Crippen molar-refractivity contribution in [3.05, 3.63) is 17.8 Å². The maximum atomic E-state index is 10.9. The summed E-state index contributed by atoms with van der Waals surface area (Å²) in [6, 6.07) is 1.87. The molecule has 0 fully saturated rings. The van der Waals surface area contributed by atoms with Crippen LogP contribution in [-0.4, -0.2) is 37.3 Å². The van der Waals surface area contributed by atoms with Crippen molar-refractivity contribution < 1.29 is 14.7 Å². The van der Waals surface area contributed by atoms with Crippen molar-refractivity contribution in [3.63, 3.8) is 0 Å². The number of carboxylic acids is 1. The minimum absolute atomic E-state index is 0.0983. The summed E-state index contributed by atoms with van der Waals surface area (Å²) in [7, 11) is 0. The lowest BCUT2D eigenvalue weighted by Crippen LogP contribution is -2.14. The second-order valence-corrected chi connectivity index (χ2v) is 5.24. The third kappa shape index (κ3) is 3.27. The maximum absolute atomic E-state index is 10.9. The normalized spacial score (nSPS) is 10.8. The number of imidazole rings is 1. The standard InChI is InChI=1S/C12H14N4O3S/c1-7-4-8-11(14-5-7)16(3-2-9(13)17)12(15-8)20-6-10(18)19/h4-5H,2-3,6H2,1H3,(H2,13,17)(H,18,19). The largest absolute Gasteiger partial charge is 0.481 e. The van der Waals surface area contributed by atoms with E-state index in [-0.39, 0.29) is 12.2 Å². The summed E-state index contributed by atoms with van der Waals surface area (Å²) in [5, 5.41) is 9.28. The number of nitrogens with two attached hydrogens (primary N) is 1. The number of carbonyl (C=O) groups is 2. The van der Waals surface area contributed by atoms with Gasteiger partial charge in [-0.2, -0.15) is 0 Å². The fourth-order valence-corrected chi connectivity index (χ4v) is 2.50. The average molecular weight is 294 g/mol. The number of aromatic nitrogens is 3. The lowest BCUT2D eigenvalue weighted by Gasteiger charge is -2.05. The summed E-state index contributed by atoms with van der Waals surface area (Å²) < 4.78 is 1.73. The number of amides is 1. The van der Waals surface area contributed by atoms with Crippen molar-refractivity contribution in [1.82, 2.24) is 14.5 Å². The molecule has 106 valence electrons. The third-order valence-electron chi connectivity index (χ3n) is 2.59. The molecule has 2 aromatic rings. The van der Waals surface area contributed by atoms with Crippen LogP contribution in [0, 0.1) is 6.92 Å². The Hall–Kier alpha value is -2.09. The Balaban J connectivity index is 2.39. The summed E-state index contributed by atoms with van der Waals surface area (Å²) in [5.41, 5.74) is 7.43. The second-order valence-electron chi connectivity index (χ2n) is 4.30. The van der Waals surface area contributed by atoms with Gasteiger partial charge in [0.05, 0.1) is 5.75 Å². The second kappa shape index (κ2) is 5.91. The summed E-state index contributed by atoms with van der Waals surface area (Å²) in [5.74, 6) is -1.44. The van der Waals surface area contributed by atoms with Gasteiger partial charge in [0.25, 0.3) is 0 Å². The molecule has 0 radical (unpaired) electrons. The molecule has 0 aliphatic rings. The van der Waals surface area contributed by atoms with E-state index in [0.29, 0.717) is 22.9 Å². The highest BCUT2D eigenvalue weighted by atomic mass is 32.2. The van der Waals surface area contributed by atoms with Gasteiger partial charge in [-0.05, 0) is 18.6 Å². The lowest BCUT2D eigenvalue weighted by atomic mass is 10.3.